The summed E-state index contributed by atoms with van der Waals surface area (Å²) >= 11 is 1.88. The van der Waals surface area contributed by atoms with Crippen molar-refractivity contribution in [3.05, 3.63) is 158 Å². The topological polar surface area (TPSA) is 26.3 Å². The van der Waals surface area contributed by atoms with Gasteiger partial charge in [0.05, 0.1) is 0 Å². The molecule has 0 aliphatic rings. The summed E-state index contributed by atoms with van der Waals surface area (Å²) in [6.07, 6.45) is 0. The van der Waals surface area contributed by atoms with Crippen molar-refractivity contribution < 1.29 is 8.83 Å². The van der Waals surface area contributed by atoms with Gasteiger partial charge in [0.15, 0.2) is 11.2 Å². The third-order valence-corrected chi connectivity index (χ3v) is 11.3. The molecule has 0 atom stereocenters. The summed E-state index contributed by atoms with van der Waals surface area (Å²) in [6, 6.07) is 56.5. The number of rotatable bonds is 3. The lowest BCUT2D eigenvalue weighted by atomic mass is 9.84. The van der Waals surface area contributed by atoms with Gasteiger partial charge in [0.25, 0.3) is 0 Å². The molecule has 3 heteroatoms. The van der Waals surface area contributed by atoms with Crippen LogP contribution in [0.3, 0.4) is 0 Å². The molecule has 8 aromatic carbocycles. The number of hydrogen-bond acceptors (Lipinski definition) is 3. The second-order valence-electron chi connectivity index (χ2n) is 12.7. The molecule has 0 radical (unpaired) electrons. The number of thiophene rings is 1. The van der Waals surface area contributed by atoms with Crippen LogP contribution in [-0.2, 0) is 0 Å². The zero-order valence-corrected chi connectivity index (χ0v) is 27.1. The first-order chi connectivity index (χ1) is 24.3. The molecule has 3 heterocycles. The van der Waals surface area contributed by atoms with Crippen LogP contribution in [-0.4, -0.2) is 0 Å². The summed E-state index contributed by atoms with van der Waals surface area (Å²) in [4.78, 5) is 0. The van der Waals surface area contributed by atoms with Crippen LogP contribution in [0.5, 0.6) is 0 Å². The smallest absolute Gasteiger partial charge is 0.178 e. The van der Waals surface area contributed by atoms with E-state index >= 15 is 0 Å². The molecule has 228 valence electrons. The molecule has 0 fully saturated rings. The Morgan fingerprint density at radius 1 is 0.367 bits per heavy atom. The van der Waals surface area contributed by atoms with Gasteiger partial charge in [-0.05, 0) is 62.5 Å². The molecule has 0 bridgehead atoms. The molecule has 0 saturated heterocycles. The number of para-hydroxylation sites is 1. The van der Waals surface area contributed by atoms with Gasteiger partial charge in [0.1, 0.15) is 11.3 Å². The van der Waals surface area contributed by atoms with Gasteiger partial charge in [0, 0.05) is 47.5 Å². The van der Waals surface area contributed by atoms with Crippen LogP contribution >= 0.6 is 11.3 Å². The summed E-state index contributed by atoms with van der Waals surface area (Å²) in [5.74, 6) is 0.825. The number of benzene rings is 8. The second kappa shape index (κ2) is 10.2. The maximum Gasteiger partial charge on any atom is 0.178 e. The van der Waals surface area contributed by atoms with E-state index in [-0.39, 0.29) is 0 Å². The second-order valence-corrected chi connectivity index (χ2v) is 13.8. The minimum Gasteiger partial charge on any atom is -0.452 e. The molecular formula is C46H26O2S. The van der Waals surface area contributed by atoms with Gasteiger partial charge in [0.2, 0.25) is 0 Å². The normalized spacial score (nSPS) is 12.1. The maximum atomic E-state index is 6.76. The van der Waals surface area contributed by atoms with Gasteiger partial charge >= 0.3 is 0 Å². The van der Waals surface area contributed by atoms with Crippen molar-refractivity contribution in [2.24, 2.45) is 0 Å². The van der Waals surface area contributed by atoms with Crippen LogP contribution in [0.15, 0.2) is 167 Å². The van der Waals surface area contributed by atoms with Crippen LogP contribution in [0, 0.1) is 0 Å². The molecule has 0 aliphatic heterocycles. The van der Waals surface area contributed by atoms with Crippen LogP contribution in [0.4, 0.5) is 0 Å². The highest BCUT2D eigenvalue weighted by molar-refractivity contribution is 7.26. The first-order valence-corrected chi connectivity index (χ1v) is 17.4. The summed E-state index contributed by atoms with van der Waals surface area (Å²) < 4.78 is 15.9. The fourth-order valence-corrected chi connectivity index (χ4v) is 9.19. The monoisotopic (exact) mass is 642 g/mol. The lowest BCUT2D eigenvalue weighted by Crippen LogP contribution is -1.91. The van der Waals surface area contributed by atoms with Crippen molar-refractivity contribution in [1.29, 1.82) is 0 Å². The molecule has 2 nitrogen and oxygen atoms in total. The van der Waals surface area contributed by atoms with Crippen molar-refractivity contribution in [2.75, 3.05) is 0 Å². The van der Waals surface area contributed by atoms with Gasteiger partial charge in [-0.2, -0.15) is 0 Å². The molecule has 0 saturated carbocycles. The lowest BCUT2D eigenvalue weighted by Gasteiger charge is -2.18. The van der Waals surface area contributed by atoms with E-state index in [2.05, 4.69) is 140 Å². The number of furan rings is 2. The number of hydrogen-bond donors (Lipinski definition) is 0. The largest absolute Gasteiger partial charge is 0.452 e. The van der Waals surface area contributed by atoms with Crippen LogP contribution in [0.2, 0.25) is 0 Å². The van der Waals surface area contributed by atoms with E-state index in [1.807, 2.05) is 29.5 Å². The minimum atomic E-state index is 0.773. The summed E-state index contributed by atoms with van der Waals surface area (Å²) in [6.45, 7) is 0. The Hall–Kier alpha value is -6.16. The summed E-state index contributed by atoms with van der Waals surface area (Å²) in [5.41, 5.74) is 8.34. The van der Waals surface area contributed by atoms with Crippen LogP contribution in [0.1, 0.15) is 0 Å². The minimum absolute atomic E-state index is 0.773. The Kier molecular flexibility index (Phi) is 5.57. The van der Waals surface area contributed by atoms with Crippen molar-refractivity contribution in [3.63, 3.8) is 0 Å². The molecule has 0 spiro atoms. The molecule has 3 aromatic heterocycles. The van der Waals surface area contributed by atoms with E-state index in [0.29, 0.717) is 0 Å². The molecule has 11 rings (SSSR count). The van der Waals surface area contributed by atoms with Crippen LogP contribution in [0.25, 0.3) is 108 Å². The van der Waals surface area contributed by atoms with Crippen molar-refractivity contribution in [2.45, 2.75) is 0 Å². The fraction of sp³-hybridized carbons (Fsp3) is 0. The molecule has 0 unspecified atom stereocenters. The third-order valence-electron chi connectivity index (χ3n) is 10.1. The van der Waals surface area contributed by atoms with Gasteiger partial charge in [-0.15, -0.1) is 11.3 Å². The highest BCUT2D eigenvalue weighted by Crippen LogP contribution is 2.50. The molecule has 11 aromatic rings. The van der Waals surface area contributed by atoms with Crippen LogP contribution < -0.4 is 0 Å². The Bertz CT molecular complexity index is 3050. The Labute approximate surface area is 285 Å². The van der Waals surface area contributed by atoms with Gasteiger partial charge in [-0.1, -0.05) is 133 Å². The summed E-state index contributed by atoms with van der Waals surface area (Å²) in [5, 5.41) is 10.7. The van der Waals surface area contributed by atoms with E-state index in [1.165, 1.54) is 58.4 Å². The van der Waals surface area contributed by atoms with E-state index in [1.54, 1.807) is 0 Å². The molecular weight excluding hydrogens is 617 g/mol. The maximum absolute atomic E-state index is 6.76. The molecule has 0 N–H and O–H groups in total. The van der Waals surface area contributed by atoms with Gasteiger partial charge in [-0.25, -0.2) is 0 Å². The molecule has 0 aliphatic carbocycles. The molecule has 0 amide bonds. The van der Waals surface area contributed by atoms with Gasteiger partial charge in [-0.3, -0.25) is 0 Å². The average molecular weight is 643 g/mol. The van der Waals surface area contributed by atoms with Crippen molar-refractivity contribution >= 4 is 86.0 Å². The van der Waals surface area contributed by atoms with E-state index in [0.717, 1.165) is 49.8 Å². The zero-order chi connectivity index (χ0) is 32.1. The molecule has 49 heavy (non-hydrogen) atoms. The number of fused-ring (bicyclic) bond motifs is 10. The van der Waals surface area contributed by atoms with E-state index < -0.39 is 0 Å². The van der Waals surface area contributed by atoms with E-state index in [4.69, 9.17) is 8.83 Å². The quantitative estimate of drug-likeness (QED) is 0.179. The predicted molar refractivity (Wildman–Crippen MR) is 208 cm³/mol. The Morgan fingerprint density at radius 3 is 1.67 bits per heavy atom. The van der Waals surface area contributed by atoms with Crippen molar-refractivity contribution in [1.82, 2.24) is 0 Å². The zero-order valence-electron chi connectivity index (χ0n) is 26.2. The van der Waals surface area contributed by atoms with E-state index in [9.17, 15) is 0 Å². The predicted octanol–water partition coefficient (Wildman–Crippen LogP) is 14.0. The van der Waals surface area contributed by atoms with Crippen molar-refractivity contribution in [3.8, 4) is 33.6 Å². The average Bonchev–Trinajstić information content (AvgIpc) is 3.88. The SMILES string of the molecule is c1ccc(-c2cc3c(-c4c5ccccc5c(-c5cccc6c5sc5ccccc56)c5ccccc45)cc4c5ccccc5oc4c3o2)cc1. The lowest BCUT2D eigenvalue weighted by molar-refractivity contribution is 0.611. The highest BCUT2D eigenvalue weighted by atomic mass is 32.1. The highest BCUT2D eigenvalue weighted by Gasteiger charge is 2.24. The fourth-order valence-electron chi connectivity index (χ4n) is 7.96. The first-order valence-electron chi connectivity index (χ1n) is 16.6. The standard InChI is InChI=1S/C46H26O2S/c1-2-13-27(14-3-1)40-26-38-36(25-37-28-15-8-10-23-39(28)47-44(37)45(38)48-40)43-32-19-6-4-17-30(32)42(31-18-5-7-20-33(31)43)35-22-12-21-34-29-16-9-11-24-41(29)49-46(34)35/h1-26H. The third kappa shape index (κ3) is 3.82. The van der Waals surface area contributed by atoms with Gasteiger partial charge < -0.3 is 8.83 Å². The first kappa shape index (κ1) is 26.9. The Morgan fingerprint density at radius 2 is 0.939 bits per heavy atom. The Balaban J connectivity index is 1.30. The summed E-state index contributed by atoms with van der Waals surface area (Å²) in [7, 11) is 0.